The van der Waals surface area contributed by atoms with Crippen LogP contribution in [0.25, 0.3) is 5.65 Å². The van der Waals surface area contributed by atoms with Crippen LogP contribution in [0.1, 0.15) is 36.7 Å². The molecule has 0 bridgehead atoms. The molecule has 0 spiro atoms. The molecule has 1 atom stereocenters. The molecule has 0 saturated carbocycles. The van der Waals surface area contributed by atoms with Crippen LogP contribution in [-0.4, -0.2) is 48.3 Å². The van der Waals surface area contributed by atoms with Crippen LogP contribution in [-0.2, 0) is 11.8 Å². The number of fused-ring (bicyclic) bond motifs is 1. The highest BCUT2D eigenvalue weighted by atomic mass is 16.6. The first kappa shape index (κ1) is 18.5. The Bertz CT molecular complexity index is 1020. The van der Waals surface area contributed by atoms with Gasteiger partial charge in [0.25, 0.3) is 5.91 Å². The maximum Gasteiger partial charge on any atom is 0.421 e. The van der Waals surface area contributed by atoms with Crippen LogP contribution in [0.5, 0.6) is 0 Å². The van der Waals surface area contributed by atoms with Crippen molar-refractivity contribution in [3.8, 4) is 0 Å². The van der Waals surface area contributed by atoms with E-state index in [9.17, 15) is 14.4 Å². The molecule has 0 N–H and O–H groups in total. The molecule has 0 radical (unpaired) electrons. The number of carbonyl (C=O) groups is 2. The average Bonchev–Trinajstić information content (AvgIpc) is 3.08. The van der Waals surface area contributed by atoms with E-state index in [0.29, 0.717) is 18.1 Å². The number of ether oxygens (including phenoxy) is 1. The number of amides is 2. The van der Waals surface area contributed by atoms with Gasteiger partial charge in [-0.05, 0) is 31.8 Å². The monoisotopic (exact) mass is 372 g/mol. The molecular weight excluding hydrogens is 352 g/mol. The van der Waals surface area contributed by atoms with Crippen LogP contribution in [0.3, 0.4) is 0 Å². The van der Waals surface area contributed by atoms with E-state index < -0.39 is 17.7 Å². The number of aromatic nitrogens is 5. The van der Waals surface area contributed by atoms with Gasteiger partial charge in [0.05, 0.1) is 0 Å². The van der Waals surface area contributed by atoms with Gasteiger partial charge >= 0.3 is 11.8 Å². The second kappa shape index (κ2) is 7.14. The van der Waals surface area contributed by atoms with Gasteiger partial charge in [0.1, 0.15) is 12.1 Å². The van der Waals surface area contributed by atoms with E-state index in [0.717, 1.165) is 32.4 Å². The van der Waals surface area contributed by atoms with Crippen molar-refractivity contribution in [1.82, 2.24) is 29.3 Å². The molecule has 3 rings (SSSR count). The van der Waals surface area contributed by atoms with Crippen molar-refractivity contribution in [3.05, 3.63) is 46.5 Å². The zero-order valence-electron chi connectivity index (χ0n) is 15.4. The van der Waals surface area contributed by atoms with E-state index in [1.807, 2.05) is 13.0 Å². The van der Waals surface area contributed by atoms with Crippen molar-refractivity contribution >= 4 is 17.6 Å². The lowest BCUT2D eigenvalue weighted by Crippen LogP contribution is -2.34. The van der Waals surface area contributed by atoms with E-state index in [-0.39, 0.29) is 11.3 Å². The number of imide groups is 1. The van der Waals surface area contributed by atoms with E-state index in [2.05, 4.69) is 21.9 Å². The SMILES string of the molecule is C=C(C)C1CC=C(OC(=O)N(C)C(=O)c2ncn3c(=O)n(C)nnc23)CC1. The smallest absolute Gasteiger partial charge is 0.415 e. The largest absolute Gasteiger partial charge is 0.421 e. The molecule has 1 aliphatic rings. The van der Waals surface area contributed by atoms with Gasteiger partial charge in [-0.1, -0.05) is 17.4 Å². The van der Waals surface area contributed by atoms with E-state index in [1.54, 1.807) is 0 Å². The Labute approximate surface area is 154 Å². The first-order valence-corrected chi connectivity index (χ1v) is 8.41. The maximum atomic E-state index is 12.6. The van der Waals surface area contributed by atoms with Crippen molar-refractivity contribution in [2.24, 2.45) is 13.0 Å². The number of carbonyl (C=O) groups excluding carboxylic acids is 2. The molecular formula is C17H20N6O4. The molecule has 0 fully saturated rings. The minimum atomic E-state index is -0.821. The highest BCUT2D eigenvalue weighted by molar-refractivity contribution is 6.05. The van der Waals surface area contributed by atoms with Gasteiger partial charge in [-0.3, -0.25) is 4.79 Å². The van der Waals surface area contributed by atoms with Gasteiger partial charge in [0.15, 0.2) is 11.3 Å². The van der Waals surface area contributed by atoms with Gasteiger partial charge < -0.3 is 4.74 Å². The molecule has 10 heteroatoms. The summed E-state index contributed by atoms with van der Waals surface area (Å²) in [6.07, 6.45) is 4.38. The molecule has 10 nitrogen and oxygen atoms in total. The fourth-order valence-corrected chi connectivity index (χ4v) is 2.80. The summed E-state index contributed by atoms with van der Waals surface area (Å²) < 4.78 is 7.41. The number of hydrogen-bond acceptors (Lipinski definition) is 7. The van der Waals surface area contributed by atoms with Gasteiger partial charge in [0.2, 0.25) is 0 Å². The van der Waals surface area contributed by atoms with Crippen LogP contribution < -0.4 is 5.69 Å². The summed E-state index contributed by atoms with van der Waals surface area (Å²) in [5, 5.41) is 7.43. The van der Waals surface area contributed by atoms with Gasteiger partial charge in [-0.25, -0.2) is 23.9 Å². The Kier molecular flexibility index (Phi) is 4.89. The minimum Gasteiger partial charge on any atom is -0.415 e. The molecule has 0 saturated heterocycles. The van der Waals surface area contributed by atoms with Crippen LogP contribution in [0.15, 0.2) is 35.1 Å². The second-order valence-corrected chi connectivity index (χ2v) is 6.50. The number of hydrogen-bond donors (Lipinski definition) is 0. The number of aryl methyl sites for hydroxylation is 1. The lowest BCUT2D eigenvalue weighted by atomic mass is 9.88. The third-order valence-electron chi connectivity index (χ3n) is 4.56. The van der Waals surface area contributed by atoms with Crippen molar-refractivity contribution in [2.75, 3.05) is 7.05 Å². The Hall–Kier alpha value is -3.30. The lowest BCUT2D eigenvalue weighted by Gasteiger charge is -2.22. The van der Waals surface area contributed by atoms with Crippen LogP contribution in [0.4, 0.5) is 4.79 Å². The van der Waals surface area contributed by atoms with Gasteiger partial charge in [0, 0.05) is 20.5 Å². The molecule has 2 heterocycles. The molecule has 0 aliphatic heterocycles. The number of allylic oxidation sites excluding steroid dienone is 3. The third-order valence-corrected chi connectivity index (χ3v) is 4.56. The quantitative estimate of drug-likeness (QED) is 0.746. The highest BCUT2D eigenvalue weighted by Crippen LogP contribution is 2.28. The summed E-state index contributed by atoms with van der Waals surface area (Å²) >= 11 is 0. The molecule has 0 aromatic carbocycles. The molecule has 1 aliphatic carbocycles. The van der Waals surface area contributed by atoms with Gasteiger partial charge in [-0.2, -0.15) is 4.68 Å². The lowest BCUT2D eigenvalue weighted by molar-refractivity contribution is 0.0749. The Balaban J connectivity index is 1.74. The summed E-state index contributed by atoms with van der Waals surface area (Å²) in [5.74, 6) is 0.173. The van der Waals surface area contributed by atoms with E-state index in [4.69, 9.17) is 4.74 Å². The summed E-state index contributed by atoms with van der Waals surface area (Å²) in [6.45, 7) is 5.93. The predicted molar refractivity (Wildman–Crippen MR) is 94.8 cm³/mol. The number of imidazole rings is 1. The molecule has 1 unspecified atom stereocenters. The third kappa shape index (κ3) is 3.50. The van der Waals surface area contributed by atoms with Crippen LogP contribution in [0, 0.1) is 5.92 Å². The topological polar surface area (TPSA) is 112 Å². The Morgan fingerprint density at radius 1 is 1.41 bits per heavy atom. The molecule has 2 amide bonds. The van der Waals surface area contributed by atoms with Crippen molar-refractivity contribution in [3.63, 3.8) is 0 Å². The highest BCUT2D eigenvalue weighted by Gasteiger charge is 2.27. The van der Waals surface area contributed by atoms with Crippen LogP contribution in [0.2, 0.25) is 0 Å². The van der Waals surface area contributed by atoms with Crippen molar-refractivity contribution in [1.29, 1.82) is 0 Å². The van der Waals surface area contributed by atoms with Crippen molar-refractivity contribution in [2.45, 2.75) is 26.2 Å². The van der Waals surface area contributed by atoms with Crippen molar-refractivity contribution < 1.29 is 14.3 Å². The summed E-state index contributed by atoms with van der Waals surface area (Å²) in [7, 11) is 2.71. The minimum absolute atomic E-state index is 0.0241. The first-order valence-electron chi connectivity index (χ1n) is 8.41. The predicted octanol–water partition coefficient (Wildman–Crippen LogP) is 1.29. The van der Waals surface area contributed by atoms with E-state index in [1.165, 1.54) is 20.4 Å². The standard InChI is InChI=1S/C17H20N6O4/c1-10(2)11-5-7-12(8-6-11)27-17(26)21(3)15(24)13-14-19-20-22(4)16(25)23(14)9-18-13/h7,9,11H,1,5-6,8H2,2-4H3. The Morgan fingerprint density at radius 2 is 2.15 bits per heavy atom. The first-order chi connectivity index (χ1) is 12.8. The normalized spacial score (nSPS) is 16.7. The Morgan fingerprint density at radius 3 is 2.78 bits per heavy atom. The fourth-order valence-electron chi connectivity index (χ4n) is 2.80. The zero-order chi connectivity index (χ0) is 19.7. The summed E-state index contributed by atoms with van der Waals surface area (Å²) in [4.78, 5) is 41.5. The molecule has 2 aromatic rings. The second-order valence-electron chi connectivity index (χ2n) is 6.50. The average molecular weight is 372 g/mol. The molecule has 2 aromatic heterocycles. The van der Waals surface area contributed by atoms with E-state index >= 15 is 0 Å². The summed E-state index contributed by atoms with van der Waals surface area (Å²) in [6, 6.07) is 0. The summed E-state index contributed by atoms with van der Waals surface area (Å²) in [5.41, 5.74) is 0.419. The van der Waals surface area contributed by atoms with Gasteiger partial charge in [-0.15, -0.1) is 5.10 Å². The molecule has 142 valence electrons. The molecule has 27 heavy (non-hydrogen) atoms. The fraction of sp³-hybridized carbons (Fsp3) is 0.412. The zero-order valence-corrected chi connectivity index (χ0v) is 15.4. The van der Waals surface area contributed by atoms with Crippen LogP contribution >= 0.6 is 0 Å². The number of rotatable bonds is 3. The number of nitrogens with zero attached hydrogens (tertiary/aromatic N) is 6. The maximum absolute atomic E-state index is 12.6.